The van der Waals surface area contributed by atoms with Gasteiger partial charge in [0.25, 0.3) is 0 Å². The van der Waals surface area contributed by atoms with Gasteiger partial charge in [0.05, 0.1) is 10.5 Å². The molecule has 0 spiro atoms. The van der Waals surface area contributed by atoms with E-state index in [1.165, 1.54) is 17.7 Å². The van der Waals surface area contributed by atoms with Gasteiger partial charge in [-0.25, -0.2) is 0 Å². The summed E-state index contributed by atoms with van der Waals surface area (Å²) in [6, 6.07) is 12.7. The summed E-state index contributed by atoms with van der Waals surface area (Å²) in [7, 11) is 0. The third-order valence-corrected chi connectivity index (χ3v) is 3.28. The van der Waals surface area contributed by atoms with Gasteiger partial charge in [-0.2, -0.15) is 0 Å². The normalized spacial score (nSPS) is 10.3. The first-order chi connectivity index (χ1) is 10.1. The van der Waals surface area contributed by atoms with E-state index in [9.17, 15) is 20.0 Å². The number of nitrogens with zero attached hydrogens (tertiary/aromatic N) is 1. The average Bonchev–Trinajstić information content (AvgIpc) is 2.49. The van der Waals surface area contributed by atoms with Gasteiger partial charge in [0.15, 0.2) is 6.29 Å². The Hall–Kier alpha value is -2.69. The zero-order valence-electron chi connectivity index (χ0n) is 11.4. The highest BCUT2D eigenvalue weighted by atomic mass is 16.6. The molecule has 0 fully saturated rings. The quantitative estimate of drug-likeness (QED) is 0.501. The molecule has 0 atom stereocenters. The molecule has 5 nitrogen and oxygen atoms in total. The minimum Gasteiger partial charge on any atom is -0.502 e. The summed E-state index contributed by atoms with van der Waals surface area (Å²) in [5.41, 5.74) is 1.41. The van der Waals surface area contributed by atoms with Gasteiger partial charge in [-0.05, 0) is 36.5 Å². The van der Waals surface area contributed by atoms with Crippen LogP contribution in [0.5, 0.6) is 5.75 Å². The van der Waals surface area contributed by atoms with E-state index in [2.05, 4.69) is 0 Å². The van der Waals surface area contributed by atoms with Crippen LogP contribution in [-0.4, -0.2) is 16.3 Å². The molecule has 0 aliphatic heterocycles. The fourth-order valence-electron chi connectivity index (χ4n) is 2.22. The summed E-state index contributed by atoms with van der Waals surface area (Å²) in [4.78, 5) is 21.1. The number of hydrogen-bond acceptors (Lipinski definition) is 4. The third-order valence-electron chi connectivity index (χ3n) is 3.28. The Labute approximate surface area is 122 Å². The lowest BCUT2D eigenvalue weighted by atomic mass is 10.0. The van der Waals surface area contributed by atoms with Gasteiger partial charge in [-0.15, -0.1) is 0 Å². The topological polar surface area (TPSA) is 80.4 Å². The van der Waals surface area contributed by atoms with Crippen molar-refractivity contribution in [3.05, 3.63) is 69.3 Å². The van der Waals surface area contributed by atoms with Gasteiger partial charge in [0.2, 0.25) is 5.75 Å². The molecule has 0 amide bonds. The first kappa shape index (κ1) is 14.7. The second kappa shape index (κ2) is 6.65. The van der Waals surface area contributed by atoms with Crippen LogP contribution in [0, 0.1) is 10.1 Å². The number of carbonyl (C=O) groups excluding carboxylic acids is 1. The molecule has 0 aliphatic carbocycles. The van der Waals surface area contributed by atoms with Crippen molar-refractivity contribution in [3.8, 4) is 5.75 Å². The molecule has 5 heteroatoms. The predicted octanol–water partition coefficient (Wildman–Crippen LogP) is 3.29. The number of phenolic OH excluding ortho intramolecular Hbond substituents is 1. The van der Waals surface area contributed by atoms with E-state index in [-0.39, 0.29) is 5.56 Å². The highest BCUT2D eigenvalue weighted by Gasteiger charge is 2.18. The van der Waals surface area contributed by atoms with E-state index in [4.69, 9.17) is 0 Å². The Bertz CT molecular complexity index is 653. The second-order valence-corrected chi connectivity index (χ2v) is 4.77. The molecule has 21 heavy (non-hydrogen) atoms. The number of aldehydes is 1. The Morgan fingerprint density at radius 3 is 2.38 bits per heavy atom. The van der Waals surface area contributed by atoms with Crippen molar-refractivity contribution in [3.63, 3.8) is 0 Å². The molecule has 0 aliphatic rings. The summed E-state index contributed by atoms with van der Waals surface area (Å²) in [6.45, 7) is 0. The van der Waals surface area contributed by atoms with Crippen LogP contribution in [0.25, 0.3) is 0 Å². The number of carbonyl (C=O) groups is 1. The maximum atomic E-state index is 10.9. The van der Waals surface area contributed by atoms with Gasteiger partial charge >= 0.3 is 5.69 Å². The monoisotopic (exact) mass is 285 g/mol. The maximum absolute atomic E-state index is 10.9. The lowest BCUT2D eigenvalue weighted by molar-refractivity contribution is -0.385. The number of aryl methyl sites for hydroxylation is 2. The van der Waals surface area contributed by atoms with Crippen molar-refractivity contribution in [1.82, 2.24) is 0 Å². The van der Waals surface area contributed by atoms with Gasteiger partial charge < -0.3 is 5.11 Å². The Morgan fingerprint density at radius 1 is 1.10 bits per heavy atom. The van der Waals surface area contributed by atoms with Gasteiger partial charge in [-0.3, -0.25) is 14.9 Å². The summed E-state index contributed by atoms with van der Waals surface area (Å²) in [5, 5.41) is 20.5. The number of benzene rings is 2. The van der Waals surface area contributed by atoms with Crippen LogP contribution >= 0.6 is 0 Å². The number of rotatable bonds is 6. The predicted molar refractivity (Wildman–Crippen MR) is 78.6 cm³/mol. The van der Waals surface area contributed by atoms with Gasteiger partial charge in [0, 0.05) is 6.07 Å². The first-order valence-corrected chi connectivity index (χ1v) is 6.61. The molecule has 2 aromatic carbocycles. The number of phenols is 1. The molecule has 2 rings (SSSR count). The van der Waals surface area contributed by atoms with Crippen molar-refractivity contribution >= 4 is 12.0 Å². The zero-order valence-corrected chi connectivity index (χ0v) is 11.4. The maximum Gasteiger partial charge on any atom is 0.311 e. The number of nitro groups is 1. The van der Waals surface area contributed by atoms with Crippen molar-refractivity contribution in [2.75, 3.05) is 0 Å². The molecular weight excluding hydrogens is 270 g/mol. The second-order valence-electron chi connectivity index (χ2n) is 4.77. The van der Waals surface area contributed by atoms with E-state index in [0.29, 0.717) is 18.3 Å². The average molecular weight is 285 g/mol. The van der Waals surface area contributed by atoms with Crippen LogP contribution in [-0.2, 0) is 12.8 Å². The lowest BCUT2D eigenvalue weighted by Crippen LogP contribution is -1.97. The van der Waals surface area contributed by atoms with E-state index >= 15 is 0 Å². The largest absolute Gasteiger partial charge is 0.502 e. The standard InChI is InChI=1S/C16H15NO4/c18-11-14-9-13(10-15(16(14)19)17(20)21)8-4-7-12-5-2-1-3-6-12/h1-3,5-6,9-11,19H,4,7-8H2. The van der Waals surface area contributed by atoms with E-state index < -0.39 is 16.4 Å². The van der Waals surface area contributed by atoms with E-state index in [1.54, 1.807) is 0 Å². The summed E-state index contributed by atoms with van der Waals surface area (Å²) in [6.07, 6.45) is 2.70. The molecule has 0 aromatic heterocycles. The van der Waals surface area contributed by atoms with Crippen molar-refractivity contribution in [2.24, 2.45) is 0 Å². The van der Waals surface area contributed by atoms with Crippen LogP contribution < -0.4 is 0 Å². The molecule has 108 valence electrons. The molecular formula is C16H15NO4. The fourth-order valence-corrected chi connectivity index (χ4v) is 2.22. The van der Waals surface area contributed by atoms with E-state index in [0.717, 1.165) is 12.8 Å². The van der Waals surface area contributed by atoms with Crippen LogP contribution in [0.2, 0.25) is 0 Å². The van der Waals surface area contributed by atoms with Crippen LogP contribution in [0.1, 0.15) is 27.9 Å². The summed E-state index contributed by atoms with van der Waals surface area (Å²) < 4.78 is 0. The third kappa shape index (κ3) is 3.66. The summed E-state index contributed by atoms with van der Waals surface area (Å²) >= 11 is 0. The number of nitro benzene ring substituents is 1. The van der Waals surface area contributed by atoms with Crippen LogP contribution in [0.4, 0.5) is 5.69 Å². The minimum atomic E-state index is -0.678. The Kier molecular flexibility index (Phi) is 4.66. The molecule has 0 bridgehead atoms. The summed E-state index contributed by atoms with van der Waals surface area (Å²) in [5.74, 6) is -0.568. The molecule has 0 saturated carbocycles. The van der Waals surface area contributed by atoms with Crippen molar-refractivity contribution < 1.29 is 14.8 Å². The minimum absolute atomic E-state index is 0.0427. The number of aromatic hydroxyl groups is 1. The highest BCUT2D eigenvalue weighted by Crippen LogP contribution is 2.30. The van der Waals surface area contributed by atoms with Crippen molar-refractivity contribution in [2.45, 2.75) is 19.3 Å². The smallest absolute Gasteiger partial charge is 0.311 e. The SMILES string of the molecule is O=Cc1cc(CCCc2ccccc2)cc([N+](=O)[O-])c1O. The Balaban J connectivity index is 2.11. The highest BCUT2D eigenvalue weighted by molar-refractivity contribution is 5.82. The Morgan fingerprint density at radius 2 is 1.76 bits per heavy atom. The number of hydrogen-bond donors (Lipinski definition) is 1. The zero-order chi connectivity index (χ0) is 15.2. The molecule has 1 N–H and O–H groups in total. The van der Waals surface area contributed by atoms with Crippen LogP contribution in [0.3, 0.4) is 0 Å². The molecule has 0 unspecified atom stereocenters. The lowest BCUT2D eigenvalue weighted by Gasteiger charge is -2.05. The van der Waals surface area contributed by atoms with Gasteiger partial charge in [0.1, 0.15) is 0 Å². The molecule has 2 aromatic rings. The van der Waals surface area contributed by atoms with Gasteiger partial charge in [-0.1, -0.05) is 30.3 Å². The van der Waals surface area contributed by atoms with Crippen LogP contribution in [0.15, 0.2) is 42.5 Å². The van der Waals surface area contributed by atoms with Crippen molar-refractivity contribution in [1.29, 1.82) is 0 Å². The fraction of sp³-hybridized carbons (Fsp3) is 0.188. The molecule has 0 radical (unpaired) electrons. The van der Waals surface area contributed by atoms with E-state index in [1.807, 2.05) is 30.3 Å². The molecule has 0 heterocycles. The molecule has 0 saturated heterocycles. The first-order valence-electron chi connectivity index (χ1n) is 6.61.